The Labute approximate surface area is 235 Å². The minimum Gasteiger partial charge on any atom is -1.00 e. The summed E-state index contributed by atoms with van der Waals surface area (Å²) in [6.45, 7) is 3.21. The maximum absolute atomic E-state index is 11.8. The fourth-order valence-corrected chi connectivity index (χ4v) is 8.02. The van der Waals surface area contributed by atoms with Crippen LogP contribution in [-0.4, -0.2) is 40.2 Å². The van der Waals surface area contributed by atoms with Gasteiger partial charge < -0.3 is 10.9 Å². The summed E-state index contributed by atoms with van der Waals surface area (Å²) in [5.41, 5.74) is 1.96. The highest BCUT2D eigenvalue weighted by Crippen LogP contribution is 2.50. The molecule has 2 aromatic rings. The van der Waals surface area contributed by atoms with E-state index in [0.29, 0.717) is 12.8 Å². The number of ketones is 1. The number of Topliss-reactive ketones (excluding diaryl/α,β-unsaturated/α-hetero) is 1. The third kappa shape index (κ3) is 6.10. The van der Waals surface area contributed by atoms with E-state index in [9.17, 15) is 10.1 Å². The van der Waals surface area contributed by atoms with Gasteiger partial charge in [0.25, 0.3) is 0 Å². The fraction of sp³-hybridized carbons (Fsp3) is 0.636. The summed E-state index contributed by atoms with van der Waals surface area (Å²) in [5.74, 6) is 0.255. The molecular weight excluding hydrogens is 486 g/mol. The molecule has 0 radical (unpaired) electrons. The molecule has 2 saturated heterocycles. The van der Waals surface area contributed by atoms with Crippen molar-refractivity contribution in [1.29, 1.82) is 5.26 Å². The van der Waals surface area contributed by atoms with Crippen molar-refractivity contribution in [2.75, 3.05) is 13.2 Å². The molecule has 6 rings (SSSR count). The molecule has 2 aromatic heterocycles. The molecule has 2 aliphatic heterocycles. The molecule has 2 atom stereocenters. The summed E-state index contributed by atoms with van der Waals surface area (Å²) in [6.07, 6.45) is 18.1. The summed E-state index contributed by atoms with van der Waals surface area (Å²) in [6, 6.07) is 14.5. The Hall–Kier alpha value is -2.62. The van der Waals surface area contributed by atoms with Gasteiger partial charge in [0.15, 0.2) is 0 Å². The molecule has 0 N–H and O–H groups in total. The van der Waals surface area contributed by atoms with E-state index in [1.807, 2.05) is 36.7 Å². The Kier molecular flexibility index (Phi) is 8.49. The first-order chi connectivity index (χ1) is 18.9. The van der Waals surface area contributed by atoms with Crippen molar-refractivity contribution in [1.82, 2.24) is 9.97 Å². The Morgan fingerprint density at radius 1 is 0.821 bits per heavy atom. The minimum absolute atomic E-state index is 0. The second-order valence-corrected chi connectivity index (χ2v) is 12.5. The average Bonchev–Trinajstić information content (AvgIpc) is 3.59. The lowest BCUT2D eigenvalue weighted by Gasteiger charge is -2.46. The monoisotopic (exact) mass is 531 g/mol. The lowest BCUT2D eigenvalue weighted by atomic mass is 9.67. The van der Waals surface area contributed by atoms with Gasteiger partial charge in [-0.05, 0) is 82.6 Å². The Morgan fingerprint density at radius 3 is 1.77 bits per heavy atom. The van der Waals surface area contributed by atoms with E-state index in [0.717, 1.165) is 76.0 Å². The number of nitriles is 1. The molecule has 2 unspecified atom stereocenters. The van der Waals surface area contributed by atoms with Crippen molar-refractivity contribution in [3.05, 3.63) is 60.2 Å². The van der Waals surface area contributed by atoms with Gasteiger partial charge in [0.05, 0.1) is 17.3 Å². The first-order valence-corrected chi connectivity index (χ1v) is 14.9. The van der Waals surface area contributed by atoms with E-state index in [4.69, 9.17) is 9.47 Å². The van der Waals surface area contributed by atoms with Crippen molar-refractivity contribution in [3.63, 3.8) is 0 Å². The molecule has 4 heterocycles. The average molecular weight is 532 g/mol. The predicted molar refractivity (Wildman–Crippen MR) is 151 cm³/mol. The van der Waals surface area contributed by atoms with Gasteiger partial charge in [-0.3, -0.25) is 14.8 Å². The molecule has 0 bridgehead atoms. The number of carbonyl (C=O) groups is 1. The number of pyridine rings is 2. The van der Waals surface area contributed by atoms with E-state index in [1.54, 1.807) is 6.92 Å². The van der Waals surface area contributed by atoms with Crippen molar-refractivity contribution in [2.24, 2.45) is 0 Å². The largest absolute Gasteiger partial charge is 1.00 e. The topological polar surface area (TPSA) is 85.1 Å². The van der Waals surface area contributed by atoms with E-state index >= 15 is 0 Å². The first-order valence-electron chi connectivity index (χ1n) is 14.9. The molecule has 2 aliphatic carbocycles. The van der Waals surface area contributed by atoms with Gasteiger partial charge in [0.2, 0.25) is 0 Å². The predicted octanol–water partition coefficient (Wildman–Crippen LogP) is 6.89. The lowest BCUT2D eigenvalue weighted by molar-refractivity contribution is -0.126. The van der Waals surface area contributed by atoms with E-state index < -0.39 is 0 Å². The van der Waals surface area contributed by atoms with Gasteiger partial charge >= 0.3 is 0 Å². The summed E-state index contributed by atoms with van der Waals surface area (Å²) >= 11 is 0. The van der Waals surface area contributed by atoms with Crippen LogP contribution >= 0.6 is 0 Å². The van der Waals surface area contributed by atoms with Gasteiger partial charge in [-0.15, -0.1) is 0 Å². The SMILES string of the molecule is CC(=O)CC1(c2ccccn2)CCOC2(CCCC2)C1.N#CCC1(c2ccccn2)CCOC2(CCCC2)C1.[2H-]. The van der Waals surface area contributed by atoms with Gasteiger partial charge in [0, 0.05) is 60.7 Å². The van der Waals surface area contributed by atoms with Crippen LogP contribution in [0.1, 0.15) is 110 Å². The highest BCUT2D eigenvalue weighted by atomic mass is 16.5. The molecule has 6 heteroatoms. The Morgan fingerprint density at radius 2 is 1.31 bits per heavy atom. The Balaban J connectivity index is 0.000000181. The van der Waals surface area contributed by atoms with Crippen molar-refractivity contribution in [3.8, 4) is 6.07 Å². The van der Waals surface area contributed by atoms with E-state index in [-0.39, 0.29) is 29.2 Å². The van der Waals surface area contributed by atoms with Crippen molar-refractivity contribution >= 4 is 5.78 Å². The molecule has 210 valence electrons. The zero-order valence-corrected chi connectivity index (χ0v) is 23.5. The van der Waals surface area contributed by atoms with E-state index in [2.05, 4.69) is 28.2 Å². The number of rotatable bonds is 5. The van der Waals surface area contributed by atoms with Crippen LogP contribution in [0.2, 0.25) is 0 Å². The van der Waals surface area contributed by atoms with Crippen LogP contribution in [0.5, 0.6) is 0 Å². The molecule has 0 amide bonds. The van der Waals surface area contributed by atoms with Gasteiger partial charge in [-0.2, -0.15) is 5.26 Å². The zero-order chi connectivity index (χ0) is 27.2. The summed E-state index contributed by atoms with van der Waals surface area (Å²) < 4.78 is 12.3. The number of hydrogen-bond donors (Lipinski definition) is 0. The number of aromatic nitrogens is 2. The minimum atomic E-state index is -0.115. The standard InChI is InChI=1S/C17H23NO2.C16H20N2O.H/c1-14(19)12-16(15-6-2-5-10-18-15)9-11-20-17(13-16)7-3-4-8-17;17-10-8-15(14-5-1-4-11-18-14)9-12-19-16(13-15)6-2-3-7-16;/h2,5-6,10H,3-4,7-9,11-13H2,1H3;1,4-5,11H,2-3,6-9,12-13H2;/q;;-1/i;;1+1. The lowest BCUT2D eigenvalue weighted by Crippen LogP contribution is -2.47. The summed E-state index contributed by atoms with van der Waals surface area (Å²) in [4.78, 5) is 20.9. The number of ether oxygens (including phenoxy) is 2. The van der Waals surface area contributed by atoms with Gasteiger partial charge in [-0.25, -0.2) is 0 Å². The third-order valence-electron chi connectivity index (χ3n) is 9.75. The smallest absolute Gasteiger partial charge is 0.130 e. The summed E-state index contributed by atoms with van der Waals surface area (Å²) in [7, 11) is 0. The highest BCUT2D eigenvalue weighted by molar-refractivity contribution is 5.77. The molecule has 0 aromatic carbocycles. The molecular formula is C33H44N3O3-. The molecule has 4 fully saturated rings. The van der Waals surface area contributed by atoms with E-state index in [1.165, 1.54) is 25.7 Å². The molecule has 2 spiro atoms. The molecule has 2 saturated carbocycles. The van der Waals surface area contributed by atoms with Crippen LogP contribution in [0, 0.1) is 11.3 Å². The van der Waals surface area contributed by atoms with Crippen LogP contribution in [0.3, 0.4) is 0 Å². The van der Waals surface area contributed by atoms with Crippen LogP contribution in [0.4, 0.5) is 0 Å². The van der Waals surface area contributed by atoms with Crippen LogP contribution in [0.25, 0.3) is 0 Å². The fourth-order valence-electron chi connectivity index (χ4n) is 8.02. The quantitative estimate of drug-likeness (QED) is 0.418. The normalized spacial score (nSPS) is 28.9. The maximum Gasteiger partial charge on any atom is 0.130 e. The van der Waals surface area contributed by atoms with Gasteiger partial charge in [-0.1, -0.05) is 37.8 Å². The van der Waals surface area contributed by atoms with Crippen LogP contribution in [-0.2, 0) is 25.1 Å². The number of nitrogens with zero attached hydrogens (tertiary/aromatic N) is 3. The zero-order valence-electron chi connectivity index (χ0n) is 24.5. The van der Waals surface area contributed by atoms with Crippen molar-refractivity contribution in [2.45, 2.75) is 119 Å². The second-order valence-electron chi connectivity index (χ2n) is 12.5. The first kappa shape index (κ1) is 27.9. The molecule has 39 heavy (non-hydrogen) atoms. The number of hydrogen-bond acceptors (Lipinski definition) is 6. The summed E-state index contributed by atoms with van der Waals surface area (Å²) in [5, 5.41) is 9.26. The van der Waals surface area contributed by atoms with Gasteiger partial charge in [0.1, 0.15) is 5.78 Å². The Bertz CT molecular complexity index is 1140. The van der Waals surface area contributed by atoms with Crippen LogP contribution < -0.4 is 0 Å². The second kappa shape index (κ2) is 11.9. The number of carbonyl (C=O) groups excluding carboxylic acids is 1. The third-order valence-corrected chi connectivity index (χ3v) is 9.75. The maximum atomic E-state index is 11.8. The van der Waals surface area contributed by atoms with Crippen molar-refractivity contribution < 1.29 is 15.7 Å². The van der Waals surface area contributed by atoms with Crippen LogP contribution in [0.15, 0.2) is 48.8 Å². The molecule has 4 aliphatic rings. The highest BCUT2D eigenvalue weighted by Gasteiger charge is 2.50. The molecule has 6 nitrogen and oxygen atoms in total.